The van der Waals surface area contributed by atoms with Gasteiger partial charge in [-0.25, -0.2) is 4.79 Å². The van der Waals surface area contributed by atoms with Gasteiger partial charge in [-0.1, -0.05) is 24.3 Å². The van der Waals surface area contributed by atoms with Gasteiger partial charge < -0.3 is 10.4 Å². The van der Waals surface area contributed by atoms with Crippen molar-refractivity contribution in [2.24, 2.45) is 0 Å². The number of nitrogens with zero attached hydrogens (tertiary/aromatic N) is 1. The molecule has 2 rings (SSSR count). The Kier molecular flexibility index (Phi) is 4.26. The second kappa shape index (κ2) is 5.95. The third kappa shape index (κ3) is 3.21. The van der Waals surface area contributed by atoms with Crippen molar-refractivity contribution >= 4 is 11.7 Å². The molecular formula is C17H20N2O2. The second-order valence-electron chi connectivity index (χ2n) is 5.30. The fourth-order valence-corrected chi connectivity index (χ4v) is 2.60. The molecule has 0 aliphatic rings. The van der Waals surface area contributed by atoms with Crippen molar-refractivity contribution in [3.63, 3.8) is 0 Å². The number of pyridine rings is 1. The largest absolute Gasteiger partial charge is 0.478 e. The molecule has 0 saturated carbocycles. The van der Waals surface area contributed by atoms with Crippen molar-refractivity contribution in [3.8, 4) is 0 Å². The lowest BCUT2D eigenvalue weighted by molar-refractivity contribution is 0.0696. The number of carboxylic acid groups (broad SMARTS) is 1. The van der Waals surface area contributed by atoms with Gasteiger partial charge >= 0.3 is 5.97 Å². The number of rotatable bonds is 4. The molecule has 2 aromatic rings. The molecule has 1 aromatic heterocycles. The topological polar surface area (TPSA) is 62.2 Å². The van der Waals surface area contributed by atoms with Gasteiger partial charge in [0.25, 0.3) is 0 Å². The van der Waals surface area contributed by atoms with Crippen LogP contribution in [0.4, 0.5) is 5.69 Å². The van der Waals surface area contributed by atoms with E-state index in [0.717, 1.165) is 11.3 Å². The molecule has 0 bridgehead atoms. The average Bonchev–Trinajstić information content (AvgIpc) is 2.37. The molecule has 0 spiro atoms. The van der Waals surface area contributed by atoms with E-state index in [4.69, 9.17) is 0 Å². The molecule has 110 valence electrons. The summed E-state index contributed by atoms with van der Waals surface area (Å²) in [5.41, 5.74) is 4.51. The molecule has 2 N–H and O–H groups in total. The predicted molar refractivity (Wildman–Crippen MR) is 83.9 cm³/mol. The number of aryl methyl sites for hydroxylation is 3. The Morgan fingerprint density at radius 3 is 2.52 bits per heavy atom. The van der Waals surface area contributed by atoms with Crippen LogP contribution in [0.2, 0.25) is 0 Å². The van der Waals surface area contributed by atoms with E-state index in [9.17, 15) is 9.90 Å². The Morgan fingerprint density at radius 2 is 1.90 bits per heavy atom. The maximum Gasteiger partial charge on any atom is 0.339 e. The molecule has 21 heavy (non-hydrogen) atoms. The van der Waals surface area contributed by atoms with Crippen molar-refractivity contribution in [2.45, 2.75) is 33.7 Å². The average molecular weight is 284 g/mol. The van der Waals surface area contributed by atoms with Crippen molar-refractivity contribution in [2.75, 3.05) is 5.32 Å². The molecule has 0 amide bonds. The Morgan fingerprint density at radius 1 is 1.24 bits per heavy atom. The number of hydrogen-bond acceptors (Lipinski definition) is 3. The Balaban J connectivity index is 2.40. The summed E-state index contributed by atoms with van der Waals surface area (Å²) in [7, 11) is 0. The lowest BCUT2D eigenvalue weighted by atomic mass is 10.0. The number of nitrogens with one attached hydrogen (secondary N) is 1. The zero-order valence-corrected chi connectivity index (χ0v) is 12.8. The molecule has 1 unspecified atom stereocenters. The summed E-state index contributed by atoms with van der Waals surface area (Å²) < 4.78 is 0. The summed E-state index contributed by atoms with van der Waals surface area (Å²) in [4.78, 5) is 15.7. The fourth-order valence-electron chi connectivity index (χ4n) is 2.60. The number of hydrogen-bond donors (Lipinski definition) is 2. The van der Waals surface area contributed by atoms with Crippen LogP contribution < -0.4 is 5.32 Å². The highest BCUT2D eigenvalue weighted by Gasteiger charge is 2.17. The monoisotopic (exact) mass is 284 g/mol. The van der Waals surface area contributed by atoms with E-state index in [1.54, 1.807) is 13.0 Å². The summed E-state index contributed by atoms with van der Waals surface area (Å²) in [6.07, 6.45) is 0. The van der Waals surface area contributed by atoms with E-state index < -0.39 is 5.97 Å². The lowest BCUT2D eigenvalue weighted by Gasteiger charge is -2.20. The van der Waals surface area contributed by atoms with Gasteiger partial charge in [-0.2, -0.15) is 0 Å². The van der Waals surface area contributed by atoms with E-state index in [1.165, 1.54) is 5.56 Å². The third-order valence-corrected chi connectivity index (χ3v) is 3.57. The Hall–Kier alpha value is -2.36. The maximum absolute atomic E-state index is 11.5. The highest BCUT2D eigenvalue weighted by atomic mass is 16.4. The van der Waals surface area contributed by atoms with E-state index in [-0.39, 0.29) is 11.6 Å². The molecule has 0 fully saturated rings. The molecule has 4 nitrogen and oxygen atoms in total. The molecule has 0 aliphatic carbocycles. The van der Waals surface area contributed by atoms with Crippen LogP contribution in [0.25, 0.3) is 0 Å². The van der Waals surface area contributed by atoms with Gasteiger partial charge in [-0.3, -0.25) is 4.98 Å². The molecule has 0 radical (unpaired) electrons. The van der Waals surface area contributed by atoms with Crippen LogP contribution in [0.15, 0.2) is 30.3 Å². The minimum Gasteiger partial charge on any atom is -0.478 e. The molecule has 0 saturated heterocycles. The number of carboxylic acids is 1. The summed E-state index contributed by atoms with van der Waals surface area (Å²) in [5.74, 6) is -0.959. The normalized spacial score (nSPS) is 12.0. The summed E-state index contributed by atoms with van der Waals surface area (Å²) >= 11 is 0. The van der Waals surface area contributed by atoms with Gasteiger partial charge in [0.15, 0.2) is 0 Å². The SMILES string of the molecule is Cc1cc(NC(C)c2ccccc2C)c(C(=O)O)c(C)n1. The summed E-state index contributed by atoms with van der Waals surface area (Å²) in [6.45, 7) is 7.66. The third-order valence-electron chi connectivity index (χ3n) is 3.57. The summed E-state index contributed by atoms with van der Waals surface area (Å²) in [6, 6.07) is 9.88. The van der Waals surface area contributed by atoms with Gasteiger partial charge in [0.1, 0.15) is 5.56 Å². The van der Waals surface area contributed by atoms with Crippen molar-refractivity contribution in [3.05, 3.63) is 58.4 Å². The first-order chi connectivity index (χ1) is 9.90. The number of benzene rings is 1. The smallest absolute Gasteiger partial charge is 0.339 e. The number of aromatic nitrogens is 1. The van der Waals surface area contributed by atoms with Gasteiger partial charge in [0, 0.05) is 11.7 Å². The van der Waals surface area contributed by atoms with Gasteiger partial charge in [-0.15, -0.1) is 0 Å². The van der Waals surface area contributed by atoms with Crippen LogP contribution in [0, 0.1) is 20.8 Å². The zero-order valence-electron chi connectivity index (χ0n) is 12.8. The summed E-state index contributed by atoms with van der Waals surface area (Å²) in [5, 5.41) is 12.7. The van der Waals surface area contributed by atoms with E-state index in [1.807, 2.05) is 32.0 Å². The van der Waals surface area contributed by atoms with Crippen molar-refractivity contribution in [1.29, 1.82) is 0 Å². The Labute approximate surface area is 124 Å². The van der Waals surface area contributed by atoms with Crippen LogP contribution in [0.1, 0.15) is 45.8 Å². The van der Waals surface area contributed by atoms with E-state index in [2.05, 4.69) is 23.3 Å². The zero-order chi connectivity index (χ0) is 15.6. The van der Waals surface area contributed by atoms with Crippen LogP contribution in [-0.4, -0.2) is 16.1 Å². The first kappa shape index (κ1) is 15.0. The first-order valence-corrected chi connectivity index (χ1v) is 6.93. The highest BCUT2D eigenvalue weighted by molar-refractivity contribution is 5.95. The van der Waals surface area contributed by atoms with Crippen LogP contribution in [0.3, 0.4) is 0 Å². The van der Waals surface area contributed by atoms with Crippen LogP contribution in [0.5, 0.6) is 0 Å². The number of carbonyl (C=O) groups is 1. The fraction of sp³-hybridized carbons (Fsp3) is 0.294. The molecule has 0 aliphatic heterocycles. The maximum atomic E-state index is 11.5. The lowest BCUT2D eigenvalue weighted by Crippen LogP contribution is -2.14. The standard InChI is InChI=1S/C17H20N2O2/c1-10-7-5-6-8-14(10)12(3)19-15-9-11(2)18-13(4)16(15)17(20)21/h5-9,12H,1-4H3,(H,18,19)(H,20,21). The minimum atomic E-state index is -0.959. The molecule has 1 aromatic carbocycles. The van der Waals surface area contributed by atoms with Crippen molar-refractivity contribution < 1.29 is 9.90 Å². The van der Waals surface area contributed by atoms with Crippen molar-refractivity contribution in [1.82, 2.24) is 4.98 Å². The van der Waals surface area contributed by atoms with Crippen LogP contribution in [-0.2, 0) is 0 Å². The van der Waals surface area contributed by atoms with Crippen LogP contribution >= 0.6 is 0 Å². The first-order valence-electron chi connectivity index (χ1n) is 6.93. The minimum absolute atomic E-state index is 0.0190. The highest BCUT2D eigenvalue weighted by Crippen LogP contribution is 2.26. The quantitative estimate of drug-likeness (QED) is 0.894. The van der Waals surface area contributed by atoms with E-state index >= 15 is 0 Å². The molecule has 4 heteroatoms. The Bertz CT molecular complexity index is 680. The number of anilines is 1. The molecule has 1 heterocycles. The second-order valence-corrected chi connectivity index (χ2v) is 5.30. The number of aromatic carboxylic acids is 1. The van der Waals surface area contributed by atoms with Gasteiger partial charge in [-0.05, 0) is 44.9 Å². The van der Waals surface area contributed by atoms with E-state index in [0.29, 0.717) is 11.4 Å². The predicted octanol–water partition coefficient (Wildman–Crippen LogP) is 3.88. The molecule has 1 atom stereocenters. The van der Waals surface area contributed by atoms with Gasteiger partial charge in [0.05, 0.1) is 11.4 Å². The van der Waals surface area contributed by atoms with Gasteiger partial charge in [0.2, 0.25) is 0 Å². The molecular weight excluding hydrogens is 264 g/mol.